The highest BCUT2D eigenvalue weighted by atomic mass is 19.1. The third-order valence-electron chi connectivity index (χ3n) is 3.39. The summed E-state index contributed by atoms with van der Waals surface area (Å²) in [5.41, 5.74) is -0.395. The van der Waals surface area contributed by atoms with Gasteiger partial charge < -0.3 is 10.1 Å². The first-order valence-corrected chi connectivity index (χ1v) is 6.24. The smallest absolute Gasteiger partial charge is 0.407 e. The van der Waals surface area contributed by atoms with E-state index in [2.05, 4.69) is 5.32 Å². The van der Waals surface area contributed by atoms with Crippen LogP contribution in [0.4, 0.5) is 9.18 Å². The van der Waals surface area contributed by atoms with Crippen molar-refractivity contribution in [3.8, 4) is 0 Å². The average Bonchev–Trinajstić information content (AvgIpc) is 2.68. The van der Waals surface area contributed by atoms with E-state index in [9.17, 15) is 9.18 Å². The summed E-state index contributed by atoms with van der Waals surface area (Å²) >= 11 is 0. The van der Waals surface area contributed by atoms with E-state index in [0.29, 0.717) is 12.8 Å². The van der Waals surface area contributed by atoms with Gasteiger partial charge in [0.25, 0.3) is 0 Å². The first-order chi connectivity index (χ1) is 8.58. The fourth-order valence-corrected chi connectivity index (χ4v) is 2.26. The third-order valence-corrected chi connectivity index (χ3v) is 3.39. The topological polar surface area (TPSA) is 38.3 Å². The summed E-state index contributed by atoms with van der Waals surface area (Å²) < 4.78 is 19.0. The summed E-state index contributed by atoms with van der Waals surface area (Å²) in [6, 6.07) is 8.99. The first-order valence-electron chi connectivity index (χ1n) is 6.24. The number of benzene rings is 1. The van der Waals surface area contributed by atoms with E-state index < -0.39 is 17.8 Å². The first kappa shape index (κ1) is 12.9. The fourth-order valence-electron chi connectivity index (χ4n) is 2.26. The molecule has 0 spiro atoms. The SMILES string of the molecule is C[C@]1(F)CCC[C@H]1NC(=O)OCc1ccccc1. The van der Waals surface area contributed by atoms with Crippen LogP contribution in [0.1, 0.15) is 31.7 Å². The van der Waals surface area contributed by atoms with Crippen molar-refractivity contribution >= 4 is 6.09 Å². The van der Waals surface area contributed by atoms with Gasteiger partial charge in [0, 0.05) is 0 Å². The lowest BCUT2D eigenvalue weighted by molar-refractivity contribution is 0.111. The van der Waals surface area contributed by atoms with Gasteiger partial charge in [-0.2, -0.15) is 0 Å². The van der Waals surface area contributed by atoms with Gasteiger partial charge in [0.05, 0.1) is 6.04 Å². The molecular weight excluding hydrogens is 233 g/mol. The van der Waals surface area contributed by atoms with E-state index in [4.69, 9.17) is 4.74 Å². The van der Waals surface area contributed by atoms with Gasteiger partial charge in [-0.25, -0.2) is 9.18 Å². The Morgan fingerprint density at radius 1 is 1.50 bits per heavy atom. The van der Waals surface area contributed by atoms with Crippen LogP contribution in [0, 0.1) is 0 Å². The average molecular weight is 251 g/mol. The van der Waals surface area contributed by atoms with Crippen LogP contribution >= 0.6 is 0 Å². The molecule has 0 bridgehead atoms. The number of rotatable bonds is 3. The van der Waals surface area contributed by atoms with Crippen LogP contribution in [0.3, 0.4) is 0 Å². The number of nitrogens with one attached hydrogen (secondary N) is 1. The number of ether oxygens (including phenoxy) is 1. The number of alkyl carbamates (subject to hydrolysis) is 1. The Labute approximate surface area is 106 Å². The second-order valence-electron chi connectivity index (χ2n) is 4.93. The van der Waals surface area contributed by atoms with Crippen molar-refractivity contribution in [3.63, 3.8) is 0 Å². The van der Waals surface area contributed by atoms with Crippen molar-refractivity contribution in [2.75, 3.05) is 0 Å². The lowest BCUT2D eigenvalue weighted by Gasteiger charge is -2.23. The lowest BCUT2D eigenvalue weighted by atomic mass is 10.0. The van der Waals surface area contributed by atoms with Crippen LogP contribution in [-0.4, -0.2) is 17.8 Å². The van der Waals surface area contributed by atoms with Crippen molar-refractivity contribution in [3.05, 3.63) is 35.9 Å². The van der Waals surface area contributed by atoms with Gasteiger partial charge in [-0.1, -0.05) is 30.3 Å². The van der Waals surface area contributed by atoms with Crippen LogP contribution < -0.4 is 5.32 Å². The van der Waals surface area contributed by atoms with Gasteiger partial charge >= 0.3 is 6.09 Å². The van der Waals surface area contributed by atoms with Gasteiger partial charge in [-0.15, -0.1) is 0 Å². The zero-order valence-electron chi connectivity index (χ0n) is 10.5. The number of alkyl halides is 1. The second-order valence-corrected chi connectivity index (χ2v) is 4.93. The summed E-state index contributed by atoms with van der Waals surface area (Å²) in [7, 11) is 0. The molecule has 18 heavy (non-hydrogen) atoms. The van der Waals surface area contributed by atoms with Crippen molar-refractivity contribution in [2.24, 2.45) is 0 Å². The summed E-state index contributed by atoms with van der Waals surface area (Å²) in [4.78, 5) is 11.6. The van der Waals surface area contributed by atoms with Crippen LogP contribution in [0.15, 0.2) is 30.3 Å². The fraction of sp³-hybridized carbons (Fsp3) is 0.500. The summed E-state index contributed by atoms with van der Waals surface area (Å²) in [6.45, 7) is 1.74. The number of carbonyl (C=O) groups is 1. The molecule has 0 unspecified atom stereocenters. The molecule has 1 aromatic carbocycles. The molecule has 3 nitrogen and oxygen atoms in total. The molecule has 98 valence electrons. The molecule has 0 aromatic heterocycles. The number of amides is 1. The predicted molar refractivity (Wildman–Crippen MR) is 66.9 cm³/mol. The number of hydrogen-bond acceptors (Lipinski definition) is 2. The maximum Gasteiger partial charge on any atom is 0.407 e. The minimum Gasteiger partial charge on any atom is -0.445 e. The molecule has 0 heterocycles. The summed E-state index contributed by atoms with van der Waals surface area (Å²) in [6.07, 6.45) is 1.43. The number of hydrogen-bond donors (Lipinski definition) is 1. The van der Waals surface area contributed by atoms with Crippen LogP contribution in [0.5, 0.6) is 0 Å². The highest BCUT2D eigenvalue weighted by molar-refractivity contribution is 5.67. The molecule has 1 fully saturated rings. The van der Waals surface area contributed by atoms with Crippen LogP contribution in [0.2, 0.25) is 0 Å². The van der Waals surface area contributed by atoms with Crippen molar-refractivity contribution < 1.29 is 13.9 Å². The standard InChI is InChI=1S/C14H18FNO2/c1-14(15)9-5-8-12(14)16-13(17)18-10-11-6-3-2-4-7-11/h2-4,6-7,12H,5,8-10H2,1H3,(H,16,17)/t12-,14+/m1/s1. The van der Waals surface area contributed by atoms with Gasteiger partial charge in [0.2, 0.25) is 0 Å². The zero-order valence-corrected chi connectivity index (χ0v) is 10.5. The Hall–Kier alpha value is -1.58. The van der Waals surface area contributed by atoms with Crippen molar-refractivity contribution in [1.29, 1.82) is 0 Å². The van der Waals surface area contributed by atoms with Crippen molar-refractivity contribution in [2.45, 2.75) is 44.5 Å². The number of carbonyl (C=O) groups excluding carboxylic acids is 1. The van der Waals surface area contributed by atoms with Gasteiger partial charge in [-0.3, -0.25) is 0 Å². The second kappa shape index (κ2) is 5.38. The summed E-state index contributed by atoms with van der Waals surface area (Å²) in [5, 5.41) is 2.60. The third kappa shape index (κ3) is 3.22. The molecule has 1 amide bonds. The highest BCUT2D eigenvalue weighted by Gasteiger charge is 2.40. The van der Waals surface area contributed by atoms with E-state index >= 15 is 0 Å². The maximum atomic E-state index is 13.9. The Morgan fingerprint density at radius 3 is 2.83 bits per heavy atom. The van der Waals surface area contributed by atoms with E-state index in [0.717, 1.165) is 12.0 Å². The minimum atomic E-state index is -1.31. The molecule has 1 aliphatic rings. The Kier molecular flexibility index (Phi) is 3.84. The summed E-state index contributed by atoms with van der Waals surface area (Å²) in [5.74, 6) is 0. The molecule has 0 saturated heterocycles. The molecule has 4 heteroatoms. The van der Waals surface area contributed by atoms with E-state index in [1.807, 2.05) is 30.3 Å². The molecule has 1 N–H and O–H groups in total. The number of halogens is 1. The Morgan fingerprint density at radius 2 is 2.22 bits per heavy atom. The van der Waals surface area contributed by atoms with Gasteiger partial charge in [-0.05, 0) is 31.7 Å². The molecule has 2 atom stereocenters. The predicted octanol–water partition coefficient (Wildman–Crippen LogP) is 3.19. The quantitative estimate of drug-likeness (QED) is 0.896. The Bertz CT molecular complexity index is 406. The van der Waals surface area contributed by atoms with Gasteiger partial charge in [0.1, 0.15) is 12.3 Å². The van der Waals surface area contributed by atoms with Crippen molar-refractivity contribution in [1.82, 2.24) is 5.32 Å². The molecular formula is C14H18FNO2. The zero-order chi connectivity index (χ0) is 13.0. The largest absolute Gasteiger partial charge is 0.445 e. The molecule has 2 rings (SSSR count). The van der Waals surface area contributed by atoms with E-state index in [-0.39, 0.29) is 6.61 Å². The molecule has 1 aromatic rings. The lowest BCUT2D eigenvalue weighted by Crippen LogP contribution is -2.44. The molecule has 1 aliphatic carbocycles. The van der Waals surface area contributed by atoms with E-state index in [1.54, 1.807) is 0 Å². The Balaban J connectivity index is 1.79. The molecule has 1 saturated carbocycles. The minimum absolute atomic E-state index is 0.211. The monoisotopic (exact) mass is 251 g/mol. The van der Waals surface area contributed by atoms with Crippen LogP contribution in [-0.2, 0) is 11.3 Å². The maximum absolute atomic E-state index is 13.9. The molecule has 0 radical (unpaired) electrons. The molecule has 0 aliphatic heterocycles. The normalized spacial score (nSPS) is 26.9. The van der Waals surface area contributed by atoms with E-state index in [1.165, 1.54) is 6.92 Å². The van der Waals surface area contributed by atoms with Gasteiger partial charge in [0.15, 0.2) is 0 Å². The van der Waals surface area contributed by atoms with Crippen LogP contribution in [0.25, 0.3) is 0 Å². The highest BCUT2D eigenvalue weighted by Crippen LogP contribution is 2.33.